The van der Waals surface area contributed by atoms with Crippen molar-refractivity contribution < 1.29 is 14.7 Å². The Kier molecular flexibility index (Phi) is 13.3. The summed E-state index contributed by atoms with van der Waals surface area (Å²) in [6, 6.07) is -0.573. The van der Waals surface area contributed by atoms with E-state index in [1.807, 2.05) is 0 Å². The minimum absolute atomic E-state index is 0. The fourth-order valence-electron chi connectivity index (χ4n) is 3.05. The maximum atomic E-state index is 12.0. The van der Waals surface area contributed by atoms with Crippen molar-refractivity contribution >= 4 is 41.4 Å². The van der Waals surface area contributed by atoms with E-state index in [-0.39, 0.29) is 35.5 Å². The van der Waals surface area contributed by atoms with Crippen LogP contribution in [0.15, 0.2) is 0 Å². The summed E-state index contributed by atoms with van der Waals surface area (Å²) >= 11 is 0. The summed E-state index contributed by atoms with van der Waals surface area (Å²) in [6.07, 6.45) is 13.0. The van der Waals surface area contributed by atoms with Gasteiger partial charge in [-0.2, -0.15) is 0 Å². The number of carbonyl (C=O) groups excluding carboxylic acids is 1. The number of amides is 1. The van der Waals surface area contributed by atoms with Crippen molar-refractivity contribution in [3.05, 3.63) is 0 Å². The molecule has 1 atom stereocenters. The summed E-state index contributed by atoms with van der Waals surface area (Å²) in [4.78, 5) is 24.6. The maximum absolute atomic E-state index is 12.0. The first-order chi connectivity index (χ1) is 10.2. The topological polar surface area (TPSA) is 57.6 Å². The molecule has 0 spiro atoms. The van der Waals surface area contributed by atoms with Crippen molar-refractivity contribution in [1.82, 2.24) is 4.90 Å². The summed E-state index contributed by atoms with van der Waals surface area (Å²) < 4.78 is 0. The van der Waals surface area contributed by atoms with Crippen molar-refractivity contribution in [1.29, 1.82) is 0 Å². The van der Waals surface area contributed by atoms with Gasteiger partial charge in [-0.15, -0.1) is 0 Å². The molecule has 0 aromatic heterocycles. The van der Waals surface area contributed by atoms with Crippen LogP contribution in [-0.4, -0.2) is 64.0 Å². The monoisotopic (exact) mass is 320 g/mol. The van der Waals surface area contributed by atoms with Gasteiger partial charge < -0.3 is 10.0 Å². The summed E-state index contributed by atoms with van der Waals surface area (Å²) in [6.45, 7) is 2.85. The van der Waals surface area contributed by atoms with E-state index in [0.29, 0.717) is 19.4 Å². The average molecular weight is 320 g/mol. The van der Waals surface area contributed by atoms with Gasteiger partial charge >= 0.3 is 5.97 Å². The van der Waals surface area contributed by atoms with Gasteiger partial charge in [0.2, 0.25) is 5.91 Å². The predicted molar refractivity (Wildman–Crippen MR) is 90.0 cm³/mol. The Hall–Kier alpha value is -0.0600. The van der Waals surface area contributed by atoms with Gasteiger partial charge in [0.25, 0.3) is 0 Å². The first-order valence-electron chi connectivity index (χ1n) is 8.69. The molecule has 0 aromatic carbocycles. The number of carbonyl (C=O) groups is 2. The quantitative estimate of drug-likeness (QED) is 0.467. The van der Waals surface area contributed by atoms with Crippen LogP contribution in [0.3, 0.4) is 0 Å². The number of rotatable bonds is 11. The SMILES string of the molecule is CCCCCCCCCCCC(=O)N1CCCC1C(=O)O.[Na]. The third-order valence-electron chi connectivity index (χ3n) is 4.35. The molecule has 0 saturated carbocycles. The molecule has 1 radical (unpaired) electrons. The van der Waals surface area contributed by atoms with Crippen molar-refractivity contribution in [2.75, 3.05) is 6.54 Å². The molecule has 22 heavy (non-hydrogen) atoms. The number of nitrogens with zero attached hydrogens (tertiary/aromatic N) is 1. The van der Waals surface area contributed by atoms with Crippen LogP contribution in [0.25, 0.3) is 0 Å². The Labute approximate surface area is 157 Å². The molecule has 1 heterocycles. The van der Waals surface area contributed by atoms with Crippen LogP contribution < -0.4 is 0 Å². The number of carboxylic acid groups (broad SMARTS) is 1. The minimum atomic E-state index is -0.854. The molecule has 1 unspecified atom stereocenters. The van der Waals surface area contributed by atoms with Crippen LogP contribution in [0, 0.1) is 0 Å². The van der Waals surface area contributed by atoms with Gasteiger partial charge in [0.1, 0.15) is 6.04 Å². The number of hydrogen-bond acceptors (Lipinski definition) is 2. The first kappa shape index (κ1) is 21.9. The minimum Gasteiger partial charge on any atom is -0.480 e. The molecular formula is C17H31NNaO3. The smallest absolute Gasteiger partial charge is 0.326 e. The Morgan fingerprint density at radius 3 is 2.09 bits per heavy atom. The molecule has 1 aliphatic heterocycles. The molecule has 0 aliphatic carbocycles. The largest absolute Gasteiger partial charge is 0.480 e. The van der Waals surface area contributed by atoms with Crippen LogP contribution in [0.1, 0.15) is 84.0 Å². The maximum Gasteiger partial charge on any atom is 0.326 e. The molecule has 0 aromatic rings. The zero-order valence-electron chi connectivity index (χ0n) is 14.5. The van der Waals surface area contributed by atoms with Gasteiger partial charge in [0.15, 0.2) is 0 Å². The van der Waals surface area contributed by atoms with Crippen LogP contribution >= 0.6 is 0 Å². The standard InChI is InChI=1S/C17H31NO3.Na/c1-2-3-4-5-6-7-8-9-10-13-16(19)18-14-11-12-15(18)17(20)21;/h15H,2-14H2,1H3,(H,20,21);. The van der Waals surface area contributed by atoms with E-state index in [9.17, 15) is 9.59 Å². The van der Waals surface area contributed by atoms with E-state index in [1.54, 1.807) is 4.90 Å². The summed E-state index contributed by atoms with van der Waals surface area (Å²) in [5, 5.41) is 9.07. The third-order valence-corrected chi connectivity index (χ3v) is 4.35. The van der Waals surface area contributed by atoms with Crippen LogP contribution in [0.2, 0.25) is 0 Å². The molecule has 0 bridgehead atoms. The first-order valence-corrected chi connectivity index (χ1v) is 8.69. The van der Waals surface area contributed by atoms with Crippen molar-refractivity contribution in [3.63, 3.8) is 0 Å². The van der Waals surface area contributed by atoms with E-state index in [0.717, 1.165) is 19.3 Å². The molecule has 123 valence electrons. The fraction of sp³-hybridized carbons (Fsp3) is 0.882. The molecule has 5 heteroatoms. The molecule has 1 aliphatic rings. The van der Waals surface area contributed by atoms with Crippen LogP contribution in [0.4, 0.5) is 0 Å². The summed E-state index contributed by atoms with van der Waals surface area (Å²) in [5.74, 6) is -0.823. The number of carboxylic acids is 1. The van der Waals surface area contributed by atoms with Gasteiger partial charge in [-0.3, -0.25) is 4.79 Å². The van der Waals surface area contributed by atoms with E-state index in [2.05, 4.69) is 6.92 Å². The molecule has 1 N–H and O–H groups in total. The zero-order chi connectivity index (χ0) is 15.5. The molecule has 1 fully saturated rings. The van der Waals surface area contributed by atoms with Gasteiger partial charge in [0.05, 0.1) is 0 Å². The van der Waals surface area contributed by atoms with Crippen molar-refractivity contribution in [2.24, 2.45) is 0 Å². The van der Waals surface area contributed by atoms with E-state index in [4.69, 9.17) is 5.11 Å². The number of likely N-dealkylation sites (tertiary alicyclic amines) is 1. The number of hydrogen-bond donors (Lipinski definition) is 1. The van der Waals surface area contributed by atoms with Crippen molar-refractivity contribution in [3.8, 4) is 0 Å². The summed E-state index contributed by atoms with van der Waals surface area (Å²) in [5.41, 5.74) is 0. The summed E-state index contributed by atoms with van der Waals surface area (Å²) in [7, 11) is 0. The second-order valence-corrected chi connectivity index (χ2v) is 6.16. The van der Waals surface area contributed by atoms with Gasteiger partial charge in [-0.25, -0.2) is 4.79 Å². The Morgan fingerprint density at radius 1 is 1.00 bits per heavy atom. The molecule has 4 nitrogen and oxygen atoms in total. The predicted octanol–water partition coefficient (Wildman–Crippen LogP) is 3.60. The molecule has 1 saturated heterocycles. The van der Waals surface area contributed by atoms with Crippen LogP contribution in [0.5, 0.6) is 0 Å². The second kappa shape index (κ2) is 13.4. The normalized spacial score (nSPS) is 17.3. The number of aliphatic carboxylic acids is 1. The van der Waals surface area contributed by atoms with Gasteiger partial charge in [0, 0.05) is 42.5 Å². The molecular weight excluding hydrogens is 289 g/mol. The Balaban J connectivity index is 0.00000441. The Bertz CT molecular complexity index is 323. The van der Waals surface area contributed by atoms with Gasteiger partial charge in [-0.1, -0.05) is 58.3 Å². The van der Waals surface area contributed by atoms with E-state index in [1.165, 1.54) is 44.9 Å². The zero-order valence-corrected chi connectivity index (χ0v) is 16.5. The van der Waals surface area contributed by atoms with Crippen molar-refractivity contribution in [2.45, 2.75) is 90.0 Å². The number of unbranched alkanes of at least 4 members (excludes halogenated alkanes) is 8. The van der Waals surface area contributed by atoms with Gasteiger partial charge in [-0.05, 0) is 19.3 Å². The molecule has 1 amide bonds. The average Bonchev–Trinajstić information content (AvgIpc) is 2.95. The fourth-order valence-corrected chi connectivity index (χ4v) is 3.05. The third kappa shape index (κ3) is 8.54. The van der Waals surface area contributed by atoms with Crippen LogP contribution in [-0.2, 0) is 9.59 Å². The van der Waals surface area contributed by atoms with E-state index >= 15 is 0 Å². The Morgan fingerprint density at radius 2 is 1.55 bits per heavy atom. The molecule has 1 rings (SSSR count). The van der Waals surface area contributed by atoms with E-state index < -0.39 is 12.0 Å². The second-order valence-electron chi connectivity index (χ2n) is 6.16.